The number of hydrogen-bond acceptors (Lipinski definition) is 4. The molecular weight excluding hydrogens is 401 g/mol. The lowest BCUT2D eigenvalue weighted by molar-refractivity contribution is -0.124. The summed E-state index contributed by atoms with van der Waals surface area (Å²) in [6.07, 6.45) is 1.23. The summed E-state index contributed by atoms with van der Waals surface area (Å²) >= 11 is 0. The van der Waals surface area contributed by atoms with E-state index in [0.29, 0.717) is 17.1 Å². The molecule has 4 rings (SSSR count). The topological polar surface area (TPSA) is 82.9 Å². The van der Waals surface area contributed by atoms with E-state index in [2.05, 4.69) is 5.32 Å². The molecule has 1 aliphatic rings. The number of halogens is 1. The van der Waals surface area contributed by atoms with Crippen LogP contribution in [0, 0.1) is 12.7 Å². The van der Waals surface area contributed by atoms with Crippen LogP contribution in [0.5, 0.6) is 0 Å². The molecule has 0 aliphatic carbocycles. The summed E-state index contributed by atoms with van der Waals surface area (Å²) in [6, 6.07) is 14.2. The van der Waals surface area contributed by atoms with E-state index in [0.717, 1.165) is 10.5 Å². The van der Waals surface area contributed by atoms with Crippen LogP contribution >= 0.6 is 0 Å². The van der Waals surface area contributed by atoms with Crippen molar-refractivity contribution >= 4 is 29.2 Å². The van der Waals surface area contributed by atoms with Crippen LogP contribution in [-0.2, 0) is 16.1 Å². The minimum Gasteiger partial charge on any atom is -0.467 e. The zero-order valence-corrected chi connectivity index (χ0v) is 16.7. The van der Waals surface area contributed by atoms with Gasteiger partial charge in [-0.25, -0.2) is 14.1 Å². The minimum absolute atomic E-state index is 0.0500. The highest BCUT2D eigenvalue weighted by Crippen LogP contribution is 2.29. The molecule has 1 fully saturated rings. The summed E-state index contributed by atoms with van der Waals surface area (Å²) in [6.45, 7) is 1.96. The lowest BCUT2D eigenvalue weighted by Gasteiger charge is -2.20. The number of hydrogen-bond donors (Lipinski definition) is 1. The summed E-state index contributed by atoms with van der Waals surface area (Å²) in [5.41, 5.74) is 1.83. The normalized spacial score (nSPS) is 16.1. The van der Waals surface area contributed by atoms with Gasteiger partial charge in [0.1, 0.15) is 17.6 Å². The lowest BCUT2D eigenvalue weighted by atomic mass is 10.1. The third-order valence-corrected chi connectivity index (χ3v) is 5.02. The van der Waals surface area contributed by atoms with E-state index in [1.165, 1.54) is 35.4 Å². The Morgan fingerprint density at radius 2 is 1.77 bits per heavy atom. The number of urea groups is 1. The molecule has 7 nitrogen and oxygen atoms in total. The maximum absolute atomic E-state index is 13.2. The average molecular weight is 421 g/mol. The molecule has 8 heteroatoms. The first-order valence-corrected chi connectivity index (χ1v) is 9.71. The van der Waals surface area contributed by atoms with Crippen molar-refractivity contribution in [3.63, 3.8) is 0 Å². The first-order chi connectivity index (χ1) is 14.9. The number of benzene rings is 2. The Morgan fingerprint density at radius 1 is 1.06 bits per heavy atom. The number of nitrogens with zero attached hydrogens (tertiary/aromatic N) is 2. The first kappa shape index (κ1) is 20.3. The number of amides is 4. The van der Waals surface area contributed by atoms with Gasteiger partial charge in [-0.3, -0.25) is 9.59 Å². The highest BCUT2D eigenvalue weighted by atomic mass is 19.1. The molecule has 1 atom stereocenters. The molecule has 0 unspecified atom stereocenters. The number of carbonyl (C=O) groups is 3. The summed E-state index contributed by atoms with van der Waals surface area (Å²) in [5, 5.41) is 2.64. The van der Waals surface area contributed by atoms with Crippen molar-refractivity contribution in [2.24, 2.45) is 0 Å². The van der Waals surface area contributed by atoms with E-state index in [1.54, 1.807) is 36.4 Å². The second kappa shape index (κ2) is 8.43. The number of anilines is 2. The van der Waals surface area contributed by atoms with Crippen LogP contribution in [0.1, 0.15) is 17.7 Å². The van der Waals surface area contributed by atoms with E-state index in [9.17, 15) is 18.8 Å². The molecule has 0 spiro atoms. The molecule has 2 aromatic carbocycles. The van der Waals surface area contributed by atoms with Crippen LogP contribution in [0.15, 0.2) is 71.3 Å². The fourth-order valence-electron chi connectivity index (χ4n) is 3.44. The van der Waals surface area contributed by atoms with Crippen LogP contribution in [-0.4, -0.2) is 28.8 Å². The molecule has 2 heterocycles. The third-order valence-electron chi connectivity index (χ3n) is 5.02. The molecule has 1 saturated heterocycles. The molecule has 0 bridgehead atoms. The van der Waals surface area contributed by atoms with E-state index in [-0.39, 0.29) is 13.0 Å². The van der Waals surface area contributed by atoms with Crippen LogP contribution in [0.4, 0.5) is 20.6 Å². The molecular formula is C23H20FN3O4. The molecule has 158 valence electrons. The van der Waals surface area contributed by atoms with Crippen LogP contribution < -0.4 is 10.2 Å². The lowest BCUT2D eigenvalue weighted by Crippen LogP contribution is -2.37. The van der Waals surface area contributed by atoms with Gasteiger partial charge < -0.3 is 14.6 Å². The summed E-state index contributed by atoms with van der Waals surface area (Å²) < 4.78 is 18.4. The number of imide groups is 1. The molecule has 1 aromatic heterocycles. The molecule has 1 aliphatic heterocycles. The molecule has 0 saturated carbocycles. The smallest absolute Gasteiger partial charge is 0.332 e. The molecule has 1 N–H and O–H groups in total. The van der Waals surface area contributed by atoms with Crippen LogP contribution in [0.3, 0.4) is 0 Å². The fraction of sp³-hybridized carbons (Fsp3) is 0.174. The van der Waals surface area contributed by atoms with Crippen molar-refractivity contribution in [1.82, 2.24) is 4.90 Å². The van der Waals surface area contributed by atoms with Crippen molar-refractivity contribution in [3.05, 3.63) is 84.1 Å². The predicted molar refractivity (Wildman–Crippen MR) is 112 cm³/mol. The van der Waals surface area contributed by atoms with Crippen LogP contribution in [0.25, 0.3) is 0 Å². The first-order valence-electron chi connectivity index (χ1n) is 9.71. The van der Waals surface area contributed by atoms with Gasteiger partial charge in [-0.15, -0.1) is 0 Å². The van der Waals surface area contributed by atoms with Crippen molar-refractivity contribution in [3.8, 4) is 0 Å². The zero-order chi connectivity index (χ0) is 22.0. The second-order valence-electron chi connectivity index (χ2n) is 7.27. The van der Waals surface area contributed by atoms with Crippen molar-refractivity contribution in [2.45, 2.75) is 25.9 Å². The van der Waals surface area contributed by atoms with Gasteiger partial charge in [0.25, 0.3) is 5.91 Å². The van der Waals surface area contributed by atoms with Gasteiger partial charge in [0.2, 0.25) is 5.91 Å². The molecule has 31 heavy (non-hydrogen) atoms. The Kier molecular flexibility index (Phi) is 5.53. The largest absolute Gasteiger partial charge is 0.467 e. The second-order valence-corrected chi connectivity index (χ2v) is 7.27. The van der Waals surface area contributed by atoms with E-state index >= 15 is 0 Å². The number of carbonyl (C=O) groups excluding carboxylic acids is 3. The highest BCUT2D eigenvalue weighted by Gasteiger charge is 2.46. The van der Waals surface area contributed by atoms with Gasteiger partial charge in [0.05, 0.1) is 24.9 Å². The number of rotatable bonds is 6. The fourth-order valence-corrected chi connectivity index (χ4v) is 3.44. The Labute approximate surface area is 178 Å². The number of nitrogens with one attached hydrogen (secondary N) is 1. The van der Waals surface area contributed by atoms with Crippen LogP contribution in [0.2, 0.25) is 0 Å². The predicted octanol–water partition coefficient (Wildman–Crippen LogP) is 4.09. The maximum atomic E-state index is 13.2. The molecule has 4 amide bonds. The van der Waals surface area contributed by atoms with Gasteiger partial charge in [-0.2, -0.15) is 0 Å². The van der Waals surface area contributed by atoms with Gasteiger partial charge >= 0.3 is 6.03 Å². The van der Waals surface area contributed by atoms with Gasteiger partial charge in [0.15, 0.2) is 0 Å². The Hall–Kier alpha value is -3.94. The Bertz CT molecular complexity index is 1090. The quantitative estimate of drug-likeness (QED) is 0.608. The van der Waals surface area contributed by atoms with E-state index in [1.807, 2.05) is 6.92 Å². The Morgan fingerprint density at radius 3 is 2.42 bits per heavy atom. The zero-order valence-electron chi connectivity index (χ0n) is 16.7. The third kappa shape index (κ3) is 4.32. The van der Waals surface area contributed by atoms with Gasteiger partial charge in [-0.05, 0) is 55.5 Å². The van der Waals surface area contributed by atoms with Gasteiger partial charge in [0, 0.05) is 5.69 Å². The number of aryl methyl sites for hydroxylation is 1. The standard InChI is InChI=1S/C23H20FN3O4/c1-15-4-10-18(11-5-15)27-22(29)20(26(23(27)30)14-19-3-2-12-31-19)13-21(28)25-17-8-6-16(24)7-9-17/h2-12,20H,13-14H2,1H3,(H,25,28)/t20-/m1/s1. The summed E-state index contributed by atoms with van der Waals surface area (Å²) in [5.74, 6) is -0.883. The van der Waals surface area contributed by atoms with Gasteiger partial charge in [-0.1, -0.05) is 17.7 Å². The van der Waals surface area contributed by atoms with Crippen molar-refractivity contribution in [1.29, 1.82) is 0 Å². The maximum Gasteiger partial charge on any atom is 0.332 e. The summed E-state index contributed by atoms with van der Waals surface area (Å²) in [4.78, 5) is 41.3. The monoisotopic (exact) mass is 421 g/mol. The molecule has 3 aromatic rings. The molecule has 0 radical (unpaired) electrons. The van der Waals surface area contributed by atoms with Crippen molar-refractivity contribution in [2.75, 3.05) is 10.2 Å². The SMILES string of the molecule is Cc1ccc(N2C(=O)[C@@H](CC(=O)Nc3ccc(F)cc3)N(Cc3ccco3)C2=O)cc1. The average Bonchev–Trinajstić information content (AvgIpc) is 3.33. The Balaban J connectivity index is 1.58. The van der Waals surface area contributed by atoms with E-state index in [4.69, 9.17) is 4.42 Å². The summed E-state index contributed by atoms with van der Waals surface area (Å²) in [7, 11) is 0. The van der Waals surface area contributed by atoms with E-state index < -0.39 is 29.7 Å². The van der Waals surface area contributed by atoms with Crippen molar-refractivity contribution < 1.29 is 23.2 Å². The highest BCUT2D eigenvalue weighted by molar-refractivity contribution is 6.22. The minimum atomic E-state index is -1.00. The number of furan rings is 1.